The van der Waals surface area contributed by atoms with Crippen LogP contribution in [0.15, 0.2) is 29.2 Å². The van der Waals surface area contributed by atoms with E-state index in [0.29, 0.717) is 18.8 Å². The normalized spacial score (nSPS) is 10.6. The number of carbonyl (C=O) groups excluding carboxylic acids is 1. The number of aromatic nitrogens is 3. The number of carbonyl (C=O) groups is 1. The van der Waals surface area contributed by atoms with Gasteiger partial charge in [-0.25, -0.2) is 0 Å². The van der Waals surface area contributed by atoms with Crippen molar-refractivity contribution >= 4 is 5.78 Å². The summed E-state index contributed by atoms with van der Waals surface area (Å²) in [6.07, 6.45) is 4.96. The maximum absolute atomic E-state index is 11.7. The Morgan fingerprint density at radius 2 is 2.44 bits per heavy atom. The molecule has 0 aliphatic carbocycles. The molecule has 0 radical (unpaired) electrons. The lowest BCUT2D eigenvalue weighted by Crippen LogP contribution is -2.10. The zero-order valence-corrected chi connectivity index (χ0v) is 8.67. The molecule has 0 bridgehead atoms. The number of nitrogens with zero attached hydrogens (tertiary/aromatic N) is 3. The molecule has 6 nitrogen and oxygen atoms in total. The summed E-state index contributed by atoms with van der Waals surface area (Å²) in [7, 11) is 0. The van der Waals surface area contributed by atoms with Gasteiger partial charge in [0.1, 0.15) is 5.69 Å². The molecular formula is C10H12N4O2. The van der Waals surface area contributed by atoms with Crippen LogP contribution in [0.3, 0.4) is 0 Å². The van der Waals surface area contributed by atoms with Crippen molar-refractivity contribution in [1.82, 2.24) is 15.0 Å². The Kier molecular flexibility index (Phi) is 3.11. The average Bonchev–Trinajstić information content (AvgIpc) is 2.89. The van der Waals surface area contributed by atoms with Crippen LogP contribution >= 0.6 is 0 Å². The van der Waals surface area contributed by atoms with Crippen molar-refractivity contribution in [2.75, 3.05) is 6.54 Å². The van der Waals surface area contributed by atoms with E-state index in [-0.39, 0.29) is 12.2 Å². The minimum Gasteiger partial charge on any atom is -0.472 e. The van der Waals surface area contributed by atoms with E-state index in [4.69, 9.17) is 10.2 Å². The zero-order valence-electron chi connectivity index (χ0n) is 8.67. The Labute approximate surface area is 92.0 Å². The number of rotatable bonds is 5. The molecule has 2 N–H and O–H groups in total. The molecule has 0 aliphatic heterocycles. The Balaban J connectivity index is 2.03. The van der Waals surface area contributed by atoms with Gasteiger partial charge in [0, 0.05) is 13.0 Å². The molecule has 0 saturated carbocycles. The number of hydrogen-bond acceptors (Lipinski definition) is 5. The number of Topliss-reactive ketones (excluding diaryl/α,β-unsaturated/α-hetero) is 1. The monoisotopic (exact) mass is 220 g/mol. The number of hydrogen-bond donors (Lipinski definition) is 1. The van der Waals surface area contributed by atoms with Crippen molar-refractivity contribution in [2.45, 2.75) is 13.0 Å². The molecule has 0 spiro atoms. The van der Waals surface area contributed by atoms with Gasteiger partial charge in [0.2, 0.25) is 0 Å². The number of furan rings is 1. The third-order valence-corrected chi connectivity index (χ3v) is 2.13. The summed E-state index contributed by atoms with van der Waals surface area (Å²) in [6.45, 7) is 1.03. The molecule has 0 unspecified atom stereocenters. The predicted molar refractivity (Wildman–Crippen MR) is 55.8 cm³/mol. The topological polar surface area (TPSA) is 86.9 Å². The first kappa shape index (κ1) is 10.6. The maximum Gasteiger partial charge on any atom is 0.189 e. The Hall–Kier alpha value is -1.95. The molecule has 16 heavy (non-hydrogen) atoms. The van der Waals surface area contributed by atoms with E-state index in [1.165, 1.54) is 6.26 Å². The van der Waals surface area contributed by atoms with E-state index in [9.17, 15) is 4.79 Å². The summed E-state index contributed by atoms with van der Waals surface area (Å²) < 4.78 is 6.44. The van der Waals surface area contributed by atoms with Gasteiger partial charge in [-0.1, -0.05) is 5.21 Å². The van der Waals surface area contributed by atoms with Crippen LogP contribution in [0.25, 0.3) is 0 Å². The molecule has 2 heterocycles. The fourth-order valence-corrected chi connectivity index (χ4v) is 1.34. The molecule has 2 aromatic heterocycles. The minimum atomic E-state index is -0.0790. The first-order valence-electron chi connectivity index (χ1n) is 4.94. The van der Waals surface area contributed by atoms with Crippen LogP contribution in [0.1, 0.15) is 16.1 Å². The van der Waals surface area contributed by atoms with E-state index in [1.807, 2.05) is 0 Å². The Morgan fingerprint density at radius 3 is 3.12 bits per heavy atom. The Bertz CT molecular complexity index is 461. The highest BCUT2D eigenvalue weighted by Crippen LogP contribution is 2.05. The molecular weight excluding hydrogens is 208 g/mol. The maximum atomic E-state index is 11.7. The lowest BCUT2D eigenvalue weighted by molar-refractivity contribution is 0.0988. The first-order chi connectivity index (χ1) is 7.79. The molecule has 0 saturated heterocycles. The lowest BCUT2D eigenvalue weighted by atomic mass is 10.1. The molecule has 0 amide bonds. The average molecular weight is 220 g/mol. The van der Waals surface area contributed by atoms with Crippen LogP contribution in [-0.2, 0) is 13.0 Å². The van der Waals surface area contributed by atoms with Gasteiger partial charge < -0.3 is 10.2 Å². The lowest BCUT2D eigenvalue weighted by Gasteiger charge is -1.93. The molecule has 0 atom stereocenters. The van der Waals surface area contributed by atoms with Crippen molar-refractivity contribution < 1.29 is 9.21 Å². The molecule has 84 valence electrons. The fraction of sp³-hybridized carbons (Fsp3) is 0.300. The van der Waals surface area contributed by atoms with Crippen molar-refractivity contribution in [3.05, 3.63) is 36.0 Å². The standard InChI is InChI=1S/C10H12N4O2/c11-2-3-14-6-9(12-13-14)10(15)5-8-1-4-16-7-8/h1,4,6-7H,2-3,5,11H2. The number of ketones is 1. The van der Waals surface area contributed by atoms with Gasteiger partial charge in [0.05, 0.1) is 25.3 Å². The van der Waals surface area contributed by atoms with Crippen molar-refractivity contribution in [1.29, 1.82) is 0 Å². The van der Waals surface area contributed by atoms with E-state index >= 15 is 0 Å². The smallest absolute Gasteiger partial charge is 0.189 e. The highest BCUT2D eigenvalue weighted by atomic mass is 16.3. The SMILES string of the molecule is NCCn1cc(C(=O)Cc2ccoc2)nn1. The van der Waals surface area contributed by atoms with Crippen molar-refractivity contribution in [3.63, 3.8) is 0 Å². The highest BCUT2D eigenvalue weighted by molar-refractivity contribution is 5.95. The Morgan fingerprint density at radius 1 is 1.56 bits per heavy atom. The molecule has 6 heteroatoms. The van der Waals surface area contributed by atoms with Crippen LogP contribution in [0.4, 0.5) is 0 Å². The molecule has 0 fully saturated rings. The fourth-order valence-electron chi connectivity index (χ4n) is 1.34. The van der Waals surface area contributed by atoms with Gasteiger partial charge in [-0.2, -0.15) is 0 Å². The van der Waals surface area contributed by atoms with Gasteiger partial charge >= 0.3 is 0 Å². The van der Waals surface area contributed by atoms with Crippen LogP contribution < -0.4 is 5.73 Å². The summed E-state index contributed by atoms with van der Waals surface area (Å²) in [4.78, 5) is 11.7. The largest absolute Gasteiger partial charge is 0.472 e. The second kappa shape index (κ2) is 4.71. The second-order valence-electron chi connectivity index (χ2n) is 3.39. The summed E-state index contributed by atoms with van der Waals surface area (Å²) in [5, 5.41) is 7.59. The summed E-state index contributed by atoms with van der Waals surface area (Å²) in [5.74, 6) is -0.0790. The summed E-state index contributed by atoms with van der Waals surface area (Å²) >= 11 is 0. The van der Waals surface area contributed by atoms with Gasteiger partial charge in [0.25, 0.3) is 0 Å². The van der Waals surface area contributed by atoms with Crippen molar-refractivity contribution in [2.24, 2.45) is 5.73 Å². The van der Waals surface area contributed by atoms with Gasteiger partial charge in [-0.15, -0.1) is 5.10 Å². The summed E-state index contributed by atoms with van der Waals surface area (Å²) in [5.41, 5.74) is 6.56. The van der Waals surface area contributed by atoms with Gasteiger partial charge in [0.15, 0.2) is 5.78 Å². The van der Waals surface area contributed by atoms with Gasteiger partial charge in [-0.05, 0) is 11.6 Å². The second-order valence-corrected chi connectivity index (χ2v) is 3.39. The van der Waals surface area contributed by atoms with Crippen LogP contribution in [0.2, 0.25) is 0 Å². The predicted octanol–water partition coefficient (Wildman–Crippen LogP) is 0.255. The third kappa shape index (κ3) is 2.34. The zero-order chi connectivity index (χ0) is 11.4. The van der Waals surface area contributed by atoms with E-state index < -0.39 is 0 Å². The highest BCUT2D eigenvalue weighted by Gasteiger charge is 2.11. The minimum absolute atomic E-state index is 0.0790. The molecule has 2 rings (SSSR count). The van der Waals surface area contributed by atoms with Gasteiger partial charge in [-0.3, -0.25) is 9.48 Å². The molecule has 0 aromatic carbocycles. The number of nitrogens with two attached hydrogens (primary N) is 1. The summed E-state index contributed by atoms with van der Waals surface area (Å²) in [6, 6.07) is 1.75. The van der Waals surface area contributed by atoms with Crippen LogP contribution in [0.5, 0.6) is 0 Å². The van der Waals surface area contributed by atoms with E-state index in [1.54, 1.807) is 23.2 Å². The van der Waals surface area contributed by atoms with E-state index in [2.05, 4.69) is 10.3 Å². The van der Waals surface area contributed by atoms with E-state index in [0.717, 1.165) is 5.56 Å². The third-order valence-electron chi connectivity index (χ3n) is 2.13. The van der Waals surface area contributed by atoms with Crippen molar-refractivity contribution in [3.8, 4) is 0 Å². The first-order valence-corrected chi connectivity index (χ1v) is 4.94. The quantitative estimate of drug-likeness (QED) is 0.730. The van der Waals surface area contributed by atoms with Crippen LogP contribution in [0, 0.1) is 0 Å². The molecule has 2 aromatic rings. The van der Waals surface area contributed by atoms with Crippen LogP contribution in [-0.4, -0.2) is 27.3 Å². The molecule has 0 aliphatic rings.